The first kappa shape index (κ1) is 12.7. The number of hydrogen-bond donors (Lipinski definition) is 2. The van der Waals surface area contributed by atoms with Gasteiger partial charge in [0.15, 0.2) is 0 Å². The minimum absolute atomic E-state index is 0.160. The normalized spacial score (nSPS) is 29.3. The van der Waals surface area contributed by atoms with E-state index < -0.39 is 23.8 Å². The Labute approximate surface area is 95.0 Å². The summed E-state index contributed by atoms with van der Waals surface area (Å²) in [6, 6.07) is 0. The second-order valence-electron chi connectivity index (χ2n) is 4.77. The molecule has 0 aromatic carbocycles. The summed E-state index contributed by atoms with van der Waals surface area (Å²) in [6.07, 6.45) is 4.70. The molecule has 0 saturated carbocycles. The minimum atomic E-state index is -1.01. The zero-order valence-corrected chi connectivity index (χ0v) is 9.59. The van der Waals surface area contributed by atoms with E-state index in [1.807, 2.05) is 19.9 Å². The quantitative estimate of drug-likeness (QED) is 0.719. The maximum Gasteiger partial charge on any atom is 0.307 e. The summed E-state index contributed by atoms with van der Waals surface area (Å²) in [5.74, 6) is -3.37. The van der Waals surface area contributed by atoms with E-state index >= 15 is 0 Å². The summed E-state index contributed by atoms with van der Waals surface area (Å²) in [7, 11) is 0. The second kappa shape index (κ2) is 5.14. The molecular formula is C12H18O4. The summed E-state index contributed by atoms with van der Waals surface area (Å²) >= 11 is 0. The molecule has 3 unspecified atom stereocenters. The average molecular weight is 226 g/mol. The van der Waals surface area contributed by atoms with Crippen LogP contribution >= 0.6 is 0 Å². The molecule has 0 amide bonds. The summed E-state index contributed by atoms with van der Waals surface area (Å²) < 4.78 is 0. The van der Waals surface area contributed by atoms with Gasteiger partial charge in [-0.15, -0.1) is 0 Å². The lowest BCUT2D eigenvalue weighted by Crippen LogP contribution is -2.37. The lowest BCUT2D eigenvalue weighted by molar-refractivity contribution is -0.156. The van der Waals surface area contributed by atoms with Crippen molar-refractivity contribution in [3.8, 4) is 0 Å². The highest BCUT2D eigenvalue weighted by molar-refractivity contribution is 5.81. The fourth-order valence-electron chi connectivity index (χ4n) is 2.34. The highest BCUT2D eigenvalue weighted by Gasteiger charge is 2.40. The Hall–Kier alpha value is -1.32. The molecule has 1 aliphatic rings. The van der Waals surface area contributed by atoms with Gasteiger partial charge in [-0.25, -0.2) is 0 Å². The summed E-state index contributed by atoms with van der Waals surface area (Å²) in [6.45, 7) is 4.02. The summed E-state index contributed by atoms with van der Waals surface area (Å²) in [5, 5.41) is 18.2. The van der Waals surface area contributed by atoms with Crippen LogP contribution in [0.1, 0.15) is 26.7 Å². The Morgan fingerprint density at radius 1 is 1.31 bits per heavy atom. The average Bonchev–Trinajstić information content (AvgIpc) is 2.15. The van der Waals surface area contributed by atoms with Crippen LogP contribution in [0.5, 0.6) is 0 Å². The first-order chi connectivity index (χ1) is 7.43. The number of carboxylic acids is 2. The molecule has 0 spiro atoms. The van der Waals surface area contributed by atoms with Gasteiger partial charge in [0.05, 0.1) is 11.8 Å². The van der Waals surface area contributed by atoms with Crippen LogP contribution in [0.25, 0.3) is 0 Å². The molecule has 1 aliphatic carbocycles. The third-order valence-electron chi connectivity index (χ3n) is 3.01. The molecule has 4 heteroatoms. The van der Waals surface area contributed by atoms with E-state index in [2.05, 4.69) is 0 Å². The van der Waals surface area contributed by atoms with Crippen molar-refractivity contribution >= 4 is 11.9 Å². The van der Waals surface area contributed by atoms with E-state index in [0.717, 1.165) is 6.42 Å². The maximum atomic E-state index is 11.2. The van der Waals surface area contributed by atoms with E-state index in [9.17, 15) is 9.59 Å². The predicted molar refractivity (Wildman–Crippen MR) is 59.0 cm³/mol. The van der Waals surface area contributed by atoms with Crippen LogP contribution in [0.2, 0.25) is 0 Å². The Morgan fingerprint density at radius 2 is 1.94 bits per heavy atom. The molecule has 0 fully saturated rings. The molecule has 0 aromatic heterocycles. The fraction of sp³-hybridized carbons (Fsp3) is 0.667. The van der Waals surface area contributed by atoms with Crippen LogP contribution in [0.3, 0.4) is 0 Å². The number of carbonyl (C=O) groups is 2. The van der Waals surface area contributed by atoms with Crippen molar-refractivity contribution in [3.63, 3.8) is 0 Å². The topological polar surface area (TPSA) is 74.6 Å². The molecule has 0 bridgehead atoms. The molecule has 0 radical (unpaired) electrons. The fourth-order valence-corrected chi connectivity index (χ4v) is 2.34. The number of carboxylic acid groups (broad SMARTS) is 2. The molecule has 0 aliphatic heterocycles. The van der Waals surface area contributed by atoms with Gasteiger partial charge in [-0.1, -0.05) is 26.0 Å². The third kappa shape index (κ3) is 2.84. The van der Waals surface area contributed by atoms with Gasteiger partial charge in [0.1, 0.15) is 0 Å². The van der Waals surface area contributed by atoms with E-state index in [1.54, 1.807) is 6.08 Å². The van der Waals surface area contributed by atoms with Gasteiger partial charge in [0, 0.05) is 0 Å². The SMILES string of the molecule is CC(C)CC1C=CCC(C(=O)O)C1C(=O)O. The van der Waals surface area contributed by atoms with Gasteiger partial charge in [-0.3, -0.25) is 9.59 Å². The van der Waals surface area contributed by atoms with Crippen molar-refractivity contribution < 1.29 is 19.8 Å². The maximum absolute atomic E-state index is 11.2. The molecule has 0 saturated heterocycles. The monoisotopic (exact) mass is 226 g/mol. The lowest BCUT2D eigenvalue weighted by atomic mass is 9.73. The van der Waals surface area contributed by atoms with Crippen LogP contribution in [0, 0.1) is 23.7 Å². The van der Waals surface area contributed by atoms with Crippen molar-refractivity contribution in [2.45, 2.75) is 26.7 Å². The molecule has 3 atom stereocenters. The number of aliphatic carboxylic acids is 2. The molecular weight excluding hydrogens is 208 g/mol. The first-order valence-corrected chi connectivity index (χ1v) is 5.55. The summed E-state index contributed by atoms with van der Waals surface area (Å²) in [4.78, 5) is 22.2. The second-order valence-corrected chi connectivity index (χ2v) is 4.77. The standard InChI is InChI=1S/C12H18O4/c1-7(2)6-8-4-3-5-9(11(13)14)10(8)12(15)16/h3-4,7-10H,5-6H2,1-2H3,(H,13,14)(H,15,16). The van der Waals surface area contributed by atoms with Crippen molar-refractivity contribution in [1.82, 2.24) is 0 Å². The van der Waals surface area contributed by atoms with Crippen LogP contribution in [-0.4, -0.2) is 22.2 Å². The zero-order valence-electron chi connectivity index (χ0n) is 9.59. The Kier molecular flexibility index (Phi) is 4.10. The van der Waals surface area contributed by atoms with Gasteiger partial charge in [0.25, 0.3) is 0 Å². The number of hydrogen-bond acceptors (Lipinski definition) is 2. The largest absolute Gasteiger partial charge is 0.481 e. The minimum Gasteiger partial charge on any atom is -0.481 e. The Bertz CT molecular complexity index is 306. The molecule has 0 heterocycles. The van der Waals surface area contributed by atoms with Crippen LogP contribution in [0.15, 0.2) is 12.2 Å². The van der Waals surface area contributed by atoms with E-state index in [-0.39, 0.29) is 5.92 Å². The zero-order chi connectivity index (χ0) is 12.3. The molecule has 1 rings (SSSR count). The molecule has 90 valence electrons. The Balaban J connectivity index is 2.90. The Morgan fingerprint density at radius 3 is 2.38 bits per heavy atom. The molecule has 16 heavy (non-hydrogen) atoms. The molecule has 0 aromatic rings. The van der Waals surface area contributed by atoms with Crippen LogP contribution in [-0.2, 0) is 9.59 Å². The van der Waals surface area contributed by atoms with Gasteiger partial charge < -0.3 is 10.2 Å². The van der Waals surface area contributed by atoms with Crippen molar-refractivity contribution in [3.05, 3.63) is 12.2 Å². The van der Waals surface area contributed by atoms with Crippen molar-refractivity contribution in [2.75, 3.05) is 0 Å². The van der Waals surface area contributed by atoms with Gasteiger partial charge in [0.2, 0.25) is 0 Å². The van der Waals surface area contributed by atoms with Crippen molar-refractivity contribution in [1.29, 1.82) is 0 Å². The van der Waals surface area contributed by atoms with Crippen molar-refractivity contribution in [2.24, 2.45) is 23.7 Å². The van der Waals surface area contributed by atoms with E-state index in [4.69, 9.17) is 10.2 Å². The number of allylic oxidation sites excluding steroid dienone is 2. The summed E-state index contributed by atoms with van der Waals surface area (Å²) in [5.41, 5.74) is 0. The first-order valence-electron chi connectivity index (χ1n) is 5.55. The molecule has 2 N–H and O–H groups in total. The van der Waals surface area contributed by atoms with Gasteiger partial charge in [-0.2, -0.15) is 0 Å². The van der Waals surface area contributed by atoms with Crippen LogP contribution < -0.4 is 0 Å². The van der Waals surface area contributed by atoms with E-state index in [1.165, 1.54) is 0 Å². The third-order valence-corrected chi connectivity index (χ3v) is 3.01. The highest BCUT2D eigenvalue weighted by Crippen LogP contribution is 2.34. The smallest absolute Gasteiger partial charge is 0.307 e. The molecule has 4 nitrogen and oxygen atoms in total. The predicted octanol–water partition coefficient (Wildman–Crippen LogP) is 2.01. The van der Waals surface area contributed by atoms with Gasteiger partial charge in [-0.05, 0) is 24.7 Å². The van der Waals surface area contributed by atoms with E-state index in [0.29, 0.717) is 12.3 Å². The lowest BCUT2D eigenvalue weighted by Gasteiger charge is -2.30. The van der Waals surface area contributed by atoms with Crippen LogP contribution in [0.4, 0.5) is 0 Å². The highest BCUT2D eigenvalue weighted by atomic mass is 16.4. The van der Waals surface area contributed by atoms with Gasteiger partial charge >= 0.3 is 11.9 Å². The number of rotatable bonds is 4.